The highest BCUT2D eigenvalue weighted by molar-refractivity contribution is 6.02. The number of amidine groups is 1. The van der Waals surface area contributed by atoms with Crippen molar-refractivity contribution in [2.24, 2.45) is 22.6 Å². The Balaban J connectivity index is 1.85. The third-order valence-corrected chi connectivity index (χ3v) is 6.23. The fourth-order valence-electron chi connectivity index (χ4n) is 4.53. The molecule has 3 N–H and O–H groups in total. The van der Waals surface area contributed by atoms with Crippen LogP contribution in [0.4, 0.5) is 4.79 Å². The number of methoxy groups -OCH3 is 1. The molecule has 0 saturated heterocycles. The van der Waals surface area contributed by atoms with E-state index in [1.54, 1.807) is 18.5 Å². The standard InChI is InChI=1S/C25H26N6O4/c1-4-15-5-7-16(8-6-15)12-31-13-27-22-20(31)19(28-23(30-22)21(26)29-25(33)34)17-9-14(2)10-18(11-17)24(32)35-3/h1,9-11,13,15-16H,5-8,12H2,2-3H3,(H2,26,29)(H,33,34). The molecule has 0 radical (unpaired) electrons. The lowest BCUT2D eigenvalue weighted by Gasteiger charge is -2.26. The number of aromatic nitrogens is 4. The number of carbonyl (C=O) groups is 2. The molecule has 2 aromatic heterocycles. The van der Waals surface area contributed by atoms with Gasteiger partial charge in [-0.25, -0.2) is 24.5 Å². The Labute approximate surface area is 202 Å². The minimum Gasteiger partial charge on any atom is -0.465 e. The number of fused-ring (bicyclic) bond motifs is 1. The number of esters is 1. The van der Waals surface area contributed by atoms with Gasteiger partial charge in [-0.1, -0.05) is 0 Å². The van der Waals surface area contributed by atoms with Gasteiger partial charge in [0.05, 0.1) is 19.0 Å². The Hall–Kier alpha value is -4.26. The molecular weight excluding hydrogens is 448 g/mol. The number of benzene rings is 1. The van der Waals surface area contributed by atoms with Crippen molar-refractivity contribution in [1.29, 1.82) is 0 Å². The van der Waals surface area contributed by atoms with Crippen molar-refractivity contribution >= 4 is 29.1 Å². The molecular formula is C25H26N6O4. The van der Waals surface area contributed by atoms with Crippen molar-refractivity contribution in [3.8, 4) is 23.6 Å². The van der Waals surface area contributed by atoms with Gasteiger partial charge >= 0.3 is 12.1 Å². The van der Waals surface area contributed by atoms with Gasteiger partial charge in [-0.3, -0.25) is 0 Å². The number of carboxylic acid groups (broad SMARTS) is 1. The quantitative estimate of drug-likeness (QED) is 0.248. The van der Waals surface area contributed by atoms with Crippen LogP contribution in [-0.2, 0) is 11.3 Å². The van der Waals surface area contributed by atoms with E-state index in [1.165, 1.54) is 7.11 Å². The zero-order valence-electron chi connectivity index (χ0n) is 19.6. The summed E-state index contributed by atoms with van der Waals surface area (Å²) in [7, 11) is 1.32. The topological polar surface area (TPSA) is 146 Å². The van der Waals surface area contributed by atoms with E-state index in [4.69, 9.17) is 22.0 Å². The third-order valence-electron chi connectivity index (χ3n) is 6.23. The molecule has 0 spiro atoms. The number of aliphatic imine (C=N–C) groups is 1. The highest BCUT2D eigenvalue weighted by Crippen LogP contribution is 2.32. The summed E-state index contributed by atoms with van der Waals surface area (Å²) in [6, 6.07) is 5.26. The van der Waals surface area contributed by atoms with Crippen LogP contribution in [0.3, 0.4) is 0 Å². The number of aryl methyl sites for hydroxylation is 1. The monoisotopic (exact) mass is 474 g/mol. The zero-order chi connectivity index (χ0) is 25.1. The number of amides is 1. The fraction of sp³-hybridized carbons (Fsp3) is 0.360. The van der Waals surface area contributed by atoms with Crippen LogP contribution in [-0.4, -0.2) is 49.6 Å². The van der Waals surface area contributed by atoms with Gasteiger partial charge in [-0.05, 0) is 62.3 Å². The first kappa shape index (κ1) is 23.9. The SMILES string of the molecule is C#CC1CCC(Cn2cnc3nc(C(N)=NC(=O)O)nc(-c4cc(C)cc(C(=O)OC)c4)c32)CC1. The number of terminal acetylenes is 1. The molecule has 1 fully saturated rings. The van der Waals surface area contributed by atoms with Gasteiger partial charge in [-0.2, -0.15) is 4.99 Å². The van der Waals surface area contributed by atoms with Gasteiger partial charge in [0.15, 0.2) is 17.3 Å². The smallest absolute Gasteiger partial charge is 0.433 e. The molecule has 0 aliphatic heterocycles. The van der Waals surface area contributed by atoms with E-state index >= 15 is 0 Å². The lowest BCUT2D eigenvalue weighted by Crippen LogP contribution is -2.20. The molecule has 10 heteroatoms. The highest BCUT2D eigenvalue weighted by Gasteiger charge is 2.23. The van der Waals surface area contributed by atoms with Crippen molar-refractivity contribution < 1.29 is 19.4 Å². The summed E-state index contributed by atoms with van der Waals surface area (Å²) in [4.78, 5) is 40.0. The predicted molar refractivity (Wildman–Crippen MR) is 130 cm³/mol. The maximum atomic E-state index is 12.2. The molecule has 35 heavy (non-hydrogen) atoms. The number of carbonyl (C=O) groups excluding carboxylic acids is 1. The van der Waals surface area contributed by atoms with Gasteiger partial charge in [0.1, 0.15) is 11.2 Å². The Kier molecular flexibility index (Phi) is 6.78. The molecule has 3 aromatic rings. The summed E-state index contributed by atoms with van der Waals surface area (Å²) in [6.07, 6.45) is 9.84. The number of imidazole rings is 1. The Morgan fingerprint density at radius 1 is 1.26 bits per heavy atom. The first-order chi connectivity index (χ1) is 16.8. The average molecular weight is 475 g/mol. The van der Waals surface area contributed by atoms with Crippen molar-refractivity contribution in [2.45, 2.75) is 39.2 Å². The molecule has 1 amide bonds. The first-order valence-electron chi connectivity index (χ1n) is 11.3. The molecule has 1 aliphatic carbocycles. The van der Waals surface area contributed by atoms with Crippen LogP contribution >= 0.6 is 0 Å². The minimum atomic E-state index is -1.45. The van der Waals surface area contributed by atoms with Gasteiger partial charge < -0.3 is 20.1 Å². The lowest BCUT2D eigenvalue weighted by molar-refractivity contribution is 0.0600. The number of ether oxygens (including phenoxy) is 1. The maximum absolute atomic E-state index is 12.2. The van der Waals surface area contributed by atoms with Crippen molar-refractivity contribution in [3.63, 3.8) is 0 Å². The predicted octanol–water partition coefficient (Wildman–Crippen LogP) is 3.41. The van der Waals surface area contributed by atoms with Gasteiger partial charge in [-0.15, -0.1) is 12.3 Å². The Morgan fingerprint density at radius 3 is 2.66 bits per heavy atom. The second-order valence-corrected chi connectivity index (χ2v) is 8.71. The minimum absolute atomic E-state index is 0.0594. The molecule has 0 unspecified atom stereocenters. The molecule has 1 aliphatic rings. The molecule has 1 saturated carbocycles. The van der Waals surface area contributed by atoms with Gasteiger partial charge in [0.25, 0.3) is 0 Å². The van der Waals surface area contributed by atoms with Crippen LogP contribution in [0.5, 0.6) is 0 Å². The van der Waals surface area contributed by atoms with Gasteiger partial charge in [0.2, 0.25) is 0 Å². The third kappa shape index (κ3) is 5.14. The van der Waals surface area contributed by atoms with E-state index in [1.807, 2.05) is 17.6 Å². The number of hydrogen-bond donors (Lipinski definition) is 2. The fourth-order valence-corrected chi connectivity index (χ4v) is 4.53. The second-order valence-electron chi connectivity index (χ2n) is 8.71. The number of rotatable bonds is 5. The molecule has 180 valence electrons. The Morgan fingerprint density at radius 2 is 2.00 bits per heavy atom. The van der Waals surface area contributed by atoms with Crippen molar-refractivity contribution in [3.05, 3.63) is 41.5 Å². The van der Waals surface area contributed by atoms with E-state index < -0.39 is 12.1 Å². The lowest BCUT2D eigenvalue weighted by atomic mass is 9.82. The van der Waals surface area contributed by atoms with Crippen LogP contribution in [0.25, 0.3) is 22.4 Å². The molecule has 0 bridgehead atoms. The second kappa shape index (κ2) is 9.93. The highest BCUT2D eigenvalue weighted by atomic mass is 16.5. The summed E-state index contributed by atoms with van der Waals surface area (Å²) < 4.78 is 6.89. The largest absolute Gasteiger partial charge is 0.465 e. The summed E-state index contributed by atoms with van der Waals surface area (Å²) in [5, 5.41) is 9.02. The summed E-state index contributed by atoms with van der Waals surface area (Å²) >= 11 is 0. The van der Waals surface area contributed by atoms with Crippen LogP contribution in [0.2, 0.25) is 0 Å². The summed E-state index contributed by atoms with van der Waals surface area (Å²) in [5.41, 5.74) is 9.16. The maximum Gasteiger partial charge on any atom is 0.433 e. The van der Waals surface area contributed by atoms with Crippen LogP contribution in [0.15, 0.2) is 29.5 Å². The summed E-state index contributed by atoms with van der Waals surface area (Å²) in [5.74, 6) is 2.72. The number of nitrogens with two attached hydrogens (primary N) is 1. The van der Waals surface area contributed by atoms with E-state index in [-0.39, 0.29) is 11.7 Å². The number of hydrogen-bond acceptors (Lipinski definition) is 6. The van der Waals surface area contributed by atoms with E-state index in [0.717, 1.165) is 31.2 Å². The van der Waals surface area contributed by atoms with E-state index in [9.17, 15) is 9.59 Å². The number of nitrogens with zero attached hydrogens (tertiary/aromatic N) is 5. The van der Waals surface area contributed by atoms with Crippen LogP contribution in [0.1, 0.15) is 47.4 Å². The van der Waals surface area contributed by atoms with Crippen molar-refractivity contribution in [2.75, 3.05) is 7.11 Å². The van der Waals surface area contributed by atoms with E-state index in [2.05, 4.69) is 25.9 Å². The van der Waals surface area contributed by atoms with Gasteiger partial charge in [0, 0.05) is 18.0 Å². The van der Waals surface area contributed by atoms with Crippen LogP contribution in [0, 0.1) is 31.1 Å². The average Bonchev–Trinajstić information content (AvgIpc) is 3.25. The molecule has 0 atom stereocenters. The molecule has 10 nitrogen and oxygen atoms in total. The molecule has 1 aromatic carbocycles. The van der Waals surface area contributed by atoms with E-state index in [0.29, 0.717) is 46.4 Å². The summed E-state index contributed by atoms with van der Waals surface area (Å²) in [6.45, 7) is 2.56. The first-order valence-corrected chi connectivity index (χ1v) is 11.3. The normalized spacial score (nSPS) is 18.3. The molecule has 4 rings (SSSR count). The van der Waals surface area contributed by atoms with Crippen molar-refractivity contribution in [1.82, 2.24) is 19.5 Å². The zero-order valence-corrected chi connectivity index (χ0v) is 19.6. The Bertz CT molecular complexity index is 1360. The van der Waals surface area contributed by atoms with Crippen LogP contribution < -0.4 is 5.73 Å². The molecule has 2 heterocycles.